The zero-order valence-electron chi connectivity index (χ0n) is 11.7. The van der Waals surface area contributed by atoms with E-state index in [1.165, 1.54) is 0 Å². The Balaban J connectivity index is 1.89. The minimum atomic E-state index is -0.196. The molecule has 3 rings (SSSR count). The lowest BCUT2D eigenvalue weighted by Crippen LogP contribution is -2.17. The number of nitrogens with one attached hydrogen (secondary N) is 1. The molecule has 1 aliphatic rings. The summed E-state index contributed by atoms with van der Waals surface area (Å²) in [6.45, 7) is 1.79. The zero-order chi connectivity index (χ0) is 14.7. The van der Waals surface area contributed by atoms with Crippen LogP contribution < -0.4 is 9.47 Å². The maximum Gasteiger partial charge on any atom is 0.195 e. The predicted octanol–water partition coefficient (Wildman–Crippen LogP) is 2.49. The Hall–Kier alpha value is -1.86. The number of hydrogen-bond donors (Lipinski definition) is 1. The van der Waals surface area contributed by atoms with Crippen LogP contribution in [0.3, 0.4) is 0 Å². The number of nitrogens with zero attached hydrogens (tertiary/aromatic N) is 2. The highest BCUT2D eigenvalue weighted by atomic mass is 32.1. The Kier molecular flexibility index (Phi) is 4.21. The van der Waals surface area contributed by atoms with Gasteiger partial charge in [0.15, 0.2) is 28.2 Å². The molecule has 2 aromatic rings. The summed E-state index contributed by atoms with van der Waals surface area (Å²) in [5.41, 5.74) is 0. The second-order valence-corrected chi connectivity index (χ2v) is 5.11. The van der Waals surface area contributed by atoms with Crippen LogP contribution in [0.5, 0.6) is 11.5 Å². The van der Waals surface area contributed by atoms with Gasteiger partial charge in [-0.2, -0.15) is 5.10 Å². The van der Waals surface area contributed by atoms with E-state index < -0.39 is 0 Å². The van der Waals surface area contributed by atoms with Crippen LogP contribution in [-0.2, 0) is 11.3 Å². The number of para-hydroxylation sites is 2. The van der Waals surface area contributed by atoms with Gasteiger partial charge in [0, 0.05) is 13.5 Å². The first-order valence-corrected chi connectivity index (χ1v) is 7.23. The molecule has 1 aromatic carbocycles. The summed E-state index contributed by atoms with van der Waals surface area (Å²) in [6.07, 6.45) is 0.514. The molecule has 1 aromatic heterocycles. The molecule has 0 spiro atoms. The second-order valence-electron chi connectivity index (χ2n) is 4.72. The van der Waals surface area contributed by atoms with E-state index in [2.05, 4.69) is 10.2 Å². The van der Waals surface area contributed by atoms with Gasteiger partial charge in [-0.25, -0.2) is 0 Å². The van der Waals surface area contributed by atoms with Gasteiger partial charge in [-0.1, -0.05) is 12.1 Å². The maximum atomic E-state index is 6.06. The van der Waals surface area contributed by atoms with Gasteiger partial charge >= 0.3 is 0 Å². The van der Waals surface area contributed by atoms with Crippen molar-refractivity contribution in [1.82, 2.24) is 14.8 Å². The number of aromatic amines is 1. The quantitative estimate of drug-likeness (QED) is 0.879. The van der Waals surface area contributed by atoms with Gasteiger partial charge in [0.2, 0.25) is 0 Å². The highest BCUT2D eigenvalue weighted by Crippen LogP contribution is 2.34. The van der Waals surface area contributed by atoms with Crippen LogP contribution in [-0.4, -0.2) is 35.1 Å². The molecule has 21 heavy (non-hydrogen) atoms. The minimum Gasteiger partial charge on any atom is -0.490 e. The van der Waals surface area contributed by atoms with Gasteiger partial charge in [-0.15, -0.1) is 0 Å². The summed E-state index contributed by atoms with van der Waals surface area (Å²) in [6, 6.07) is 7.65. The third-order valence-electron chi connectivity index (χ3n) is 3.35. The Morgan fingerprint density at radius 2 is 2.24 bits per heavy atom. The molecule has 0 saturated carbocycles. The zero-order valence-corrected chi connectivity index (χ0v) is 12.6. The van der Waals surface area contributed by atoms with Crippen LogP contribution in [0.2, 0.25) is 0 Å². The molecule has 0 radical (unpaired) electrons. The van der Waals surface area contributed by atoms with Gasteiger partial charge in [-0.05, 0) is 24.4 Å². The fourth-order valence-electron chi connectivity index (χ4n) is 2.31. The van der Waals surface area contributed by atoms with Crippen molar-refractivity contribution in [2.75, 3.05) is 20.3 Å². The van der Waals surface area contributed by atoms with Crippen molar-refractivity contribution in [1.29, 1.82) is 0 Å². The van der Waals surface area contributed by atoms with Crippen LogP contribution in [0.25, 0.3) is 0 Å². The van der Waals surface area contributed by atoms with Crippen molar-refractivity contribution in [3.05, 3.63) is 34.9 Å². The molecular formula is C14H17N3O3S. The molecule has 0 aliphatic carbocycles. The van der Waals surface area contributed by atoms with Crippen molar-refractivity contribution in [3.8, 4) is 11.5 Å². The van der Waals surface area contributed by atoms with E-state index in [0.717, 1.165) is 17.3 Å². The maximum absolute atomic E-state index is 6.06. The monoisotopic (exact) mass is 307 g/mol. The first-order valence-electron chi connectivity index (χ1n) is 6.82. The van der Waals surface area contributed by atoms with Crippen molar-refractivity contribution in [2.24, 2.45) is 0 Å². The van der Waals surface area contributed by atoms with E-state index in [9.17, 15) is 0 Å². The molecule has 7 heteroatoms. The van der Waals surface area contributed by atoms with Gasteiger partial charge in [0.1, 0.15) is 0 Å². The third kappa shape index (κ3) is 2.93. The molecule has 112 valence electrons. The number of rotatable bonds is 4. The summed E-state index contributed by atoms with van der Waals surface area (Å²) >= 11 is 5.27. The first kappa shape index (κ1) is 14.1. The molecule has 2 heterocycles. The van der Waals surface area contributed by atoms with E-state index >= 15 is 0 Å². The van der Waals surface area contributed by atoms with Gasteiger partial charge in [0.25, 0.3) is 0 Å². The summed E-state index contributed by atoms with van der Waals surface area (Å²) in [5.74, 6) is 2.27. The number of H-pyrrole nitrogens is 1. The van der Waals surface area contributed by atoms with E-state index in [1.54, 1.807) is 7.11 Å². The highest BCUT2D eigenvalue weighted by Gasteiger charge is 2.24. The number of methoxy groups -OCH3 is 1. The lowest BCUT2D eigenvalue weighted by Gasteiger charge is -2.16. The highest BCUT2D eigenvalue weighted by molar-refractivity contribution is 7.71. The third-order valence-corrected chi connectivity index (χ3v) is 3.66. The van der Waals surface area contributed by atoms with Crippen molar-refractivity contribution < 1.29 is 14.2 Å². The largest absolute Gasteiger partial charge is 0.490 e. The molecule has 0 amide bonds. The van der Waals surface area contributed by atoms with Gasteiger partial charge in [-0.3, -0.25) is 9.67 Å². The Labute approximate surface area is 127 Å². The topological polar surface area (TPSA) is 61.3 Å². The number of hydrogen-bond acceptors (Lipinski definition) is 5. The molecule has 0 saturated heterocycles. The van der Waals surface area contributed by atoms with Crippen LogP contribution in [0.1, 0.15) is 18.3 Å². The smallest absolute Gasteiger partial charge is 0.195 e. The Morgan fingerprint density at radius 3 is 3.05 bits per heavy atom. The fourth-order valence-corrected chi connectivity index (χ4v) is 2.54. The van der Waals surface area contributed by atoms with E-state index in [-0.39, 0.29) is 6.10 Å². The van der Waals surface area contributed by atoms with Gasteiger partial charge < -0.3 is 14.2 Å². The molecule has 1 aliphatic heterocycles. The molecule has 1 N–H and O–H groups in total. The van der Waals surface area contributed by atoms with Crippen molar-refractivity contribution >= 4 is 12.2 Å². The van der Waals surface area contributed by atoms with Crippen LogP contribution in [0, 0.1) is 4.77 Å². The molecule has 1 unspecified atom stereocenters. The molecule has 1 atom stereocenters. The number of fused-ring (bicyclic) bond motifs is 1. The van der Waals surface area contributed by atoms with Crippen LogP contribution in [0.15, 0.2) is 24.3 Å². The average molecular weight is 307 g/mol. The van der Waals surface area contributed by atoms with Crippen LogP contribution >= 0.6 is 12.2 Å². The Morgan fingerprint density at radius 1 is 1.43 bits per heavy atom. The average Bonchev–Trinajstić information content (AvgIpc) is 2.73. The van der Waals surface area contributed by atoms with E-state index in [4.69, 9.17) is 26.4 Å². The second kappa shape index (κ2) is 6.28. The standard InChI is InChI=1S/C14H17N3O3S/c1-18-9-7-17-13(15-16-14(17)21)12-6-8-19-10-4-2-3-5-11(10)20-12/h2-5,12H,6-9H2,1H3,(H,16,21). The summed E-state index contributed by atoms with van der Waals surface area (Å²) < 4.78 is 19.4. The van der Waals surface area contributed by atoms with E-state index in [0.29, 0.717) is 31.0 Å². The lowest BCUT2D eigenvalue weighted by atomic mass is 10.2. The predicted molar refractivity (Wildman–Crippen MR) is 79.2 cm³/mol. The SMILES string of the molecule is COCCn1c(C2CCOc3ccccc3O2)n[nH]c1=S. The van der Waals surface area contributed by atoms with Crippen LogP contribution in [0.4, 0.5) is 0 Å². The normalized spacial score (nSPS) is 17.5. The van der Waals surface area contributed by atoms with Crippen molar-refractivity contribution in [2.45, 2.75) is 19.1 Å². The summed E-state index contributed by atoms with van der Waals surface area (Å²) in [4.78, 5) is 0. The molecule has 0 fully saturated rings. The Bertz CT molecular complexity index is 667. The lowest BCUT2D eigenvalue weighted by molar-refractivity contribution is 0.164. The first-order chi connectivity index (χ1) is 10.3. The van der Waals surface area contributed by atoms with E-state index in [1.807, 2.05) is 28.8 Å². The minimum absolute atomic E-state index is 0.196. The number of aromatic nitrogens is 3. The van der Waals surface area contributed by atoms with Crippen molar-refractivity contribution in [3.63, 3.8) is 0 Å². The summed E-state index contributed by atoms with van der Waals surface area (Å²) in [5, 5.41) is 7.14. The number of ether oxygens (including phenoxy) is 3. The molecule has 6 nitrogen and oxygen atoms in total. The summed E-state index contributed by atoms with van der Waals surface area (Å²) in [7, 11) is 1.66. The fraction of sp³-hybridized carbons (Fsp3) is 0.429. The molecule has 0 bridgehead atoms. The number of benzene rings is 1. The van der Waals surface area contributed by atoms with Gasteiger partial charge in [0.05, 0.1) is 19.8 Å². The molecular weight excluding hydrogens is 290 g/mol.